The zero-order chi connectivity index (χ0) is 7.61. The highest BCUT2D eigenvalue weighted by molar-refractivity contribution is 5.05. The first-order chi connectivity index (χ1) is 4.61. The van der Waals surface area contributed by atoms with Gasteiger partial charge in [-0.2, -0.15) is 13.2 Å². The zero-order valence-electron chi connectivity index (χ0n) is 5.33. The third kappa shape index (κ3) is 1.66. The van der Waals surface area contributed by atoms with Gasteiger partial charge >= 0.3 is 6.18 Å². The summed E-state index contributed by atoms with van der Waals surface area (Å²) in [5.41, 5.74) is 0. The molecule has 0 bridgehead atoms. The summed E-state index contributed by atoms with van der Waals surface area (Å²) in [6.07, 6.45) is -3.47. The molecule has 0 spiro atoms. The Balaban J connectivity index is 2.53. The van der Waals surface area contributed by atoms with E-state index in [1.807, 2.05) is 0 Å². The molecule has 3 heteroatoms. The van der Waals surface area contributed by atoms with Gasteiger partial charge in [0, 0.05) is 12.8 Å². The van der Waals surface area contributed by atoms with Crippen LogP contribution in [0.5, 0.6) is 0 Å². The highest BCUT2D eigenvalue weighted by Gasteiger charge is 2.38. The minimum absolute atomic E-state index is 0.0104. The van der Waals surface area contributed by atoms with Gasteiger partial charge in [0.15, 0.2) is 0 Å². The summed E-state index contributed by atoms with van der Waals surface area (Å²) >= 11 is 0. The van der Waals surface area contributed by atoms with E-state index in [0.29, 0.717) is 6.42 Å². The molecule has 1 atom stereocenters. The summed E-state index contributed by atoms with van der Waals surface area (Å²) in [4.78, 5) is 0. The lowest BCUT2D eigenvalue weighted by atomic mass is 9.96. The molecule has 0 radical (unpaired) electrons. The van der Waals surface area contributed by atoms with Crippen LogP contribution in [0.1, 0.15) is 19.3 Å². The second-order valence-electron chi connectivity index (χ2n) is 2.33. The molecule has 56 valence electrons. The van der Waals surface area contributed by atoms with E-state index in [2.05, 4.69) is 11.8 Å². The fourth-order valence-electron chi connectivity index (χ4n) is 0.912. The minimum atomic E-state index is -4.03. The van der Waals surface area contributed by atoms with E-state index in [1.54, 1.807) is 0 Å². The van der Waals surface area contributed by atoms with Crippen molar-refractivity contribution < 1.29 is 13.2 Å². The van der Waals surface area contributed by atoms with Gasteiger partial charge in [0.2, 0.25) is 0 Å². The fourth-order valence-corrected chi connectivity index (χ4v) is 0.912. The Kier molecular flexibility index (Phi) is 1.89. The molecule has 1 aliphatic carbocycles. The van der Waals surface area contributed by atoms with E-state index < -0.39 is 12.1 Å². The summed E-state index contributed by atoms with van der Waals surface area (Å²) in [5.74, 6) is 3.94. The number of hydrogen-bond acceptors (Lipinski definition) is 0. The van der Waals surface area contributed by atoms with Crippen LogP contribution in [-0.2, 0) is 0 Å². The van der Waals surface area contributed by atoms with Crippen LogP contribution in [0.4, 0.5) is 13.2 Å². The first kappa shape index (κ1) is 7.46. The fraction of sp³-hybridized carbons (Fsp3) is 0.714. The van der Waals surface area contributed by atoms with Gasteiger partial charge in [-0.25, -0.2) is 0 Å². The molecule has 10 heavy (non-hydrogen) atoms. The predicted octanol–water partition coefficient (Wildman–Crippen LogP) is 2.35. The van der Waals surface area contributed by atoms with Crippen molar-refractivity contribution in [3.05, 3.63) is 0 Å². The molecule has 0 nitrogen and oxygen atoms in total. The van der Waals surface area contributed by atoms with Gasteiger partial charge in [0.25, 0.3) is 0 Å². The quantitative estimate of drug-likeness (QED) is 0.462. The third-order valence-electron chi connectivity index (χ3n) is 1.55. The summed E-state index contributed by atoms with van der Waals surface area (Å²) in [7, 11) is 0. The Morgan fingerprint density at radius 1 is 1.20 bits per heavy atom. The summed E-state index contributed by atoms with van der Waals surface area (Å²) in [6, 6.07) is 0. The average molecular weight is 148 g/mol. The van der Waals surface area contributed by atoms with Crippen molar-refractivity contribution in [1.82, 2.24) is 0 Å². The molecule has 0 amide bonds. The van der Waals surface area contributed by atoms with Crippen molar-refractivity contribution in [1.29, 1.82) is 0 Å². The third-order valence-corrected chi connectivity index (χ3v) is 1.55. The maximum Gasteiger partial charge on any atom is 0.392 e. The van der Waals surface area contributed by atoms with E-state index in [1.165, 1.54) is 0 Å². The molecule has 1 aliphatic rings. The molecule has 1 unspecified atom stereocenters. The summed E-state index contributed by atoms with van der Waals surface area (Å²) in [6.45, 7) is 0. The summed E-state index contributed by atoms with van der Waals surface area (Å²) in [5, 5.41) is 0. The number of hydrogen-bond donors (Lipinski definition) is 0. The molecule has 0 N–H and O–H groups in total. The maximum atomic E-state index is 11.9. The molecule has 0 aromatic rings. The molecule has 0 saturated carbocycles. The molecule has 0 aliphatic heterocycles. The number of alkyl halides is 3. The van der Waals surface area contributed by atoms with Crippen LogP contribution in [0.25, 0.3) is 0 Å². The van der Waals surface area contributed by atoms with E-state index in [9.17, 15) is 13.2 Å². The van der Waals surface area contributed by atoms with Crippen molar-refractivity contribution in [3.63, 3.8) is 0 Å². The van der Waals surface area contributed by atoms with Crippen molar-refractivity contribution in [2.75, 3.05) is 0 Å². The molecule has 0 aromatic heterocycles. The van der Waals surface area contributed by atoms with Crippen molar-refractivity contribution in [3.8, 4) is 11.8 Å². The monoisotopic (exact) mass is 148 g/mol. The van der Waals surface area contributed by atoms with Crippen LogP contribution in [0.3, 0.4) is 0 Å². The topological polar surface area (TPSA) is 0 Å². The number of halogens is 3. The van der Waals surface area contributed by atoms with Crippen LogP contribution in [0.2, 0.25) is 0 Å². The molecule has 0 fully saturated rings. The van der Waals surface area contributed by atoms with Crippen LogP contribution in [-0.4, -0.2) is 6.18 Å². The first-order valence-electron chi connectivity index (χ1n) is 3.13. The van der Waals surface area contributed by atoms with Gasteiger partial charge in [0.1, 0.15) is 0 Å². The van der Waals surface area contributed by atoms with Gasteiger partial charge in [-0.3, -0.25) is 0 Å². The lowest BCUT2D eigenvalue weighted by Gasteiger charge is -2.18. The van der Waals surface area contributed by atoms with Gasteiger partial charge in [-0.05, 0) is 6.42 Å². The van der Waals surface area contributed by atoms with Crippen LogP contribution in [0, 0.1) is 17.8 Å². The predicted molar refractivity (Wildman–Crippen MR) is 31.2 cm³/mol. The first-order valence-corrected chi connectivity index (χ1v) is 3.13. The largest absolute Gasteiger partial charge is 0.392 e. The van der Waals surface area contributed by atoms with Gasteiger partial charge in [-0.1, -0.05) is 0 Å². The van der Waals surface area contributed by atoms with Crippen LogP contribution in [0.15, 0.2) is 0 Å². The lowest BCUT2D eigenvalue weighted by molar-refractivity contribution is -0.175. The Bertz CT molecular complexity index is 170. The van der Waals surface area contributed by atoms with E-state index in [-0.39, 0.29) is 12.8 Å². The Morgan fingerprint density at radius 2 is 1.90 bits per heavy atom. The second-order valence-corrected chi connectivity index (χ2v) is 2.33. The van der Waals surface area contributed by atoms with E-state index in [4.69, 9.17) is 0 Å². The van der Waals surface area contributed by atoms with Gasteiger partial charge in [0.05, 0.1) is 5.92 Å². The SMILES string of the molecule is FC(F)(F)C1CC#CCC1. The number of rotatable bonds is 0. The lowest BCUT2D eigenvalue weighted by Crippen LogP contribution is -2.23. The van der Waals surface area contributed by atoms with Crippen molar-refractivity contribution in [2.45, 2.75) is 25.4 Å². The highest BCUT2D eigenvalue weighted by Crippen LogP contribution is 2.33. The second kappa shape index (κ2) is 2.53. The van der Waals surface area contributed by atoms with E-state index >= 15 is 0 Å². The highest BCUT2D eigenvalue weighted by atomic mass is 19.4. The van der Waals surface area contributed by atoms with Crippen molar-refractivity contribution >= 4 is 0 Å². The Morgan fingerprint density at radius 3 is 2.20 bits per heavy atom. The molecule has 0 aromatic carbocycles. The Hall–Kier alpha value is -0.650. The molecule has 0 heterocycles. The minimum Gasteiger partial charge on any atom is -0.171 e. The van der Waals surface area contributed by atoms with Crippen LogP contribution >= 0.6 is 0 Å². The van der Waals surface area contributed by atoms with Crippen molar-refractivity contribution in [2.24, 2.45) is 5.92 Å². The maximum absolute atomic E-state index is 11.9. The molecular weight excluding hydrogens is 141 g/mol. The van der Waals surface area contributed by atoms with Gasteiger partial charge < -0.3 is 0 Å². The molecular formula is C7H7F3. The van der Waals surface area contributed by atoms with Gasteiger partial charge in [-0.15, -0.1) is 11.8 Å². The summed E-state index contributed by atoms with van der Waals surface area (Å²) < 4.78 is 35.6. The Labute approximate surface area is 57.4 Å². The normalized spacial score (nSPS) is 25.3. The average Bonchev–Trinajstić information content (AvgIpc) is 1.88. The smallest absolute Gasteiger partial charge is 0.171 e. The molecule has 0 saturated heterocycles. The van der Waals surface area contributed by atoms with Crippen LogP contribution < -0.4 is 0 Å². The van der Waals surface area contributed by atoms with E-state index in [0.717, 1.165) is 0 Å². The standard InChI is InChI=1S/C7H7F3/c8-7(9,10)6-4-2-1-3-5-6/h6H,2,4-5H2. The molecule has 1 rings (SSSR count). The zero-order valence-corrected chi connectivity index (χ0v) is 5.33.